The summed E-state index contributed by atoms with van der Waals surface area (Å²) in [5, 5.41) is 4.37. The molecule has 0 aromatic carbocycles. The zero-order valence-electron chi connectivity index (χ0n) is 16.6. The molecule has 1 fully saturated rings. The predicted molar refractivity (Wildman–Crippen MR) is 102 cm³/mol. The van der Waals surface area contributed by atoms with Crippen molar-refractivity contribution in [2.45, 2.75) is 40.5 Å². The average molecular weight is 356 g/mol. The number of piperazine rings is 1. The number of rotatable bonds is 3. The first-order chi connectivity index (χ1) is 12.3. The third-order valence-electron chi connectivity index (χ3n) is 4.99. The minimum absolute atomic E-state index is 0.0782. The van der Waals surface area contributed by atoms with Crippen LogP contribution in [0.4, 0.5) is 5.82 Å². The molecule has 0 atom stereocenters. The Kier molecular flexibility index (Phi) is 4.98. The molecule has 7 heteroatoms. The highest BCUT2D eigenvalue weighted by atomic mass is 16.2. The topological polar surface area (TPSA) is 67.2 Å². The lowest BCUT2D eigenvalue weighted by Gasteiger charge is -2.35. The van der Waals surface area contributed by atoms with Crippen molar-refractivity contribution in [1.82, 2.24) is 24.6 Å². The van der Waals surface area contributed by atoms with E-state index in [1.54, 1.807) is 4.68 Å². The van der Waals surface area contributed by atoms with E-state index in [1.165, 1.54) is 0 Å². The highest BCUT2D eigenvalue weighted by Gasteiger charge is 2.27. The summed E-state index contributed by atoms with van der Waals surface area (Å²) in [5.74, 6) is 2.21. The van der Waals surface area contributed by atoms with Gasteiger partial charge in [0.25, 0.3) is 5.91 Å². The van der Waals surface area contributed by atoms with Gasteiger partial charge in [0, 0.05) is 56.6 Å². The van der Waals surface area contributed by atoms with Crippen LogP contribution in [0, 0.1) is 20.8 Å². The van der Waals surface area contributed by atoms with Crippen LogP contribution < -0.4 is 4.90 Å². The number of amides is 1. The standard InChI is InChI=1S/C19H28N6O/c1-12(2)18-20-13(3)11-16(21-18)24-7-9-25(10-8-24)19(26)17-14(4)22-23(6)15(17)5/h11-12H,7-10H2,1-6H3. The Balaban J connectivity index is 1.72. The van der Waals surface area contributed by atoms with Gasteiger partial charge in [0.1, 0.15) is 11.6 Å². The average Bonchev–Trinajstić information content (AvgIpc) is 2.86. The van der Waals surface area contributed by atoms with Gasteiger partial charge in [-0.15, -0.1) is 0 Å². The molecule has 0 radical (unpaired) electrons. The molecule has 0 N–H and O–H groups in total. The SMILES string of the molecule is Cc1cc(N2CCN(C(=O)c3c(C)nn(C)c3C)CC2)nc(C(C)C)n1. The maximum Gasteiger partial charge on any atom is 0.257 e. The molecule has 1 saturated heterocycles. The van der Waals surface area contributed by atoms with E-state index in [1.807, 2.05) is 38.8 Å². The Morgan fingerprint density at radius 3 is 2.27 bits per heavy atom. The number of carbonyl (C=O) groups is 1. The second-order valence-electron chi connectivity index (χ2n) is 7.33. The molecule has 26 heavy (non-hydrogen) atoms. The summed E-state index contributed by atoms with van der Waals surface area (Å²) in [6.07, 6.45) is 0. The largest absolute Gasteiger partial charge is 0.353 e. The van der Waals surface area contributed by atoms with Gasteiger partial charge in [-0.1, -0.05) is 13.8 Å². The Hall–Kier alpha value is -2.44. The molecule has 3 heterocycles. The third-order valence-corrected chi connectivity index (χ3v) is 4.99. The molecule has 0 bridgehead atoms. The first-order valence-electron chi connectivity index (χ1n) is 9.18. The van der Waals surface area contributed by atoms with E-state index in [9.17, 15) is 4.79 Å². The molecule has 1 aliphatic heterocycles. The molecule has 0 aliphatic carbocycles. The van der Waals surface area contributed by atoms with Crippen molar-refractivity contribution in [2.75, 3.05) is 31.1 Å². The highest BCUT2D eigenvalue weighted by Crippen LogP contribution is 2.20. The van der Waals surface area contributed by atoms with Crippen LogP contribution in [0.15, 0.2) is 6.07 Å². The zero-order chi connectivity index (χ0) is 19.0. The molecule has 1 aliphatic rings. The molecule has 0 unspecified atom stereocenters. The van der Waals surface area contributed by atoms with Gasteiger partial charge in [-0.3, -0.25) is 9.48 Å². The summed E-state index contributed by atoms with van der Waals surface area (Å²) >= 11 is 0. The number of hydrogen-bond acceptors (Lipinski definition) is 5. The summed E-state index contributed by atoms with van der Waals surface area (Å²) in [7, 11) is 1.88. The summed E-state index contributed by atoms with van der Waals surface area (Å²) in [5.41, 5.74) is 3.44. The molecule has 1 amide bonds. The van der Waals surface area contributed by atoms with Crippen LogP contribution in [0.1, 0.15) is 53.0 Å². The molecule has 7 nitrogen and oxygen atoms in total. The quantitative estimate of drug-likeness (QED) is 0.844. The number of nitrogens with zero attached hydrogens (tertiary/aromatic N) is 6. The predicted octanol–water partition coefficient (Wildman–Crippen LogP) is 2.22. The van der Waals surface area contributed by atoms with Crippen molar-refractivity contribution >= 4 is 11.7 Å². The van der Waals surface area contributed by atoms with Crippen LogP contribution in [0.5, 0.6) is 0 Å². The van der Waals surface area contributed by atoms with Gasteiger partial charge in [0.15, 0.2) is 0 Å². The van der Waals surface area contributed by atoms with Crippen molar-refractivity contribution in [1.29, 1.82) is 0 Å². The van der Waals surface area contributed by atoms with E-state index in [2.05, 4.69) is 28.8 Å². The first-order valence-corrected chi connectivity index (χ1v) is 9.18. The van der Waals surface area contributed by atoms with E-state index < -0.39 is 0 Å². The number of carbonyl (C=O) groups excluding carboxylic acids is 1. The van der Waals surface area contributed by atoms with Crippen molar-refractivity contribution in [2.24, 2.45) is 7.05 Å². The summed E-state index contributed by atoms with van der Waals surface area (Å²) in [6, 6.07) is 2.03. The maximum atomic E-state index is 12.9. The lowest BCUT2D eigenvalue weighted by molar-refractivity contribution is 0.0745. The van der Waals surface area contributed by atoms with Gasteiger partial charge < -0.3 is 9.80 Å². The molecular formula is C19H28N6O. The fourth-order valence-corrected chi connectivity index (χ4v) is 3.37. The third kappa shape index (κ3) is 3.43. The van der Waals surface area contributed by atoms with Crippen LogP contribution in [0.2, 0.25) is 0 Å². The first kappa shape index (κ1) is 18.4. The van der Waals surface area contributed by atoms with E-state index in [-0.39, 0.29) is 5.91 Å². The van der Waals surface area contributed by atoms with Crippen LogP contribution in [0.3, 0.4) is 0 Å². The van der Waals surface area contributed by atoms with E-state index in [4.69, 9.17) is 4.98 Å². The van der Waals surface area contributed by atoms with Gasteiger partial charge >= 0.3 is 0 Å². The molecular weight excluding hydrogens is 328 g/mol. The fraction of sp³-hybridized carbons (Fsp3) is 0.579. The summed E-state index contributed by atoms with van der Waals surface area (Å²) in [6.45, 7) is 13.0. The van der Waals surface area contributed by atoms with Crippen LogP contribution >= 0.6 is 0 Å². The summed E-state index contributed by atoms with van der Waals surface area (Å²) in [4.78, 5) is 26.3. The monoisotopic (exact) mass is 356 g/mol. The van der Waals surface area contributed by atoms with E-state index >= 15 is 0 Å². The second-order valence-corrected chi connectivity index (χ2v) is 7.33. The Labute approximate surface area is 155 Å². The van der Waals surface area contributed by atoms with Gasteiger partial charge in [0.05, 0.1) is 11.3 Å². The normalized spacial score (nSPS) is 15.0. The van der Waals surface area contributed by atoms with Gasteiger partial charge in [-0.2, -0.15) is 5.10 Å². The maximum absolute atomic E-state index is 12.9. The van der Waals surface area contributed by atoms with Gasteiger partial charge in [-0.05, 0) is 20.8 Å². The molecule has 2 aromatic heterocycles. The zero-order valence-corrected chi connectivity index (χ0v) is 16.6. The van der Waals surface area contributed by atoms with E-state index in [0.29, 0.717) is 19.0 Å². The second kappa shape index (κ2) is 7.05. The van der Waals surface area contributed by atoms with Gasteiger partial charge in [0.2, 0.25) is 0 Å². The lowest BCUT2D eigenvalue weighted by Crippen LogP contribution is -2.49. The minimum Gasteiger partial charge on any atom is -0.353 e. The highest BCUT2D eigenvalue weighted by molar-refractivity contribution is 5.96. The van der Waals surface area contributed by atoms with E-state index in [0.717, 1.165) is 47.4 Å². The van der Waals surface area contributed by atoms with Gasteiger partial charge in [-0.25, -0.2) is 9.97 Å². The molecule has 2 aromatic rings. The molecule has 140 valence electrons. The van der Waals surface area contributed by atoms with Crippen molar-refractivity contribution in [3.8, 4) is 0 Å². The molecule has 0 spiro atoms. The number of aryl methyl sites for hydroxylation is 3. The van der Waals surface area contributed by atoms with Crippen molar-refractivity contribution < 1.29 is 4.79 Å². The lowest BCUT2D eigenvalue weighted by atomic mass is 10.1. The minimum atomic E-state index is 0.0782. The molecule has 0 saturated carbocycles. The number of hydrogen-bond donors (Lipinski definition) is 0. The van der Waals surface area contributed by atoms with Crippen LogP contribution in [0.25, 0.3) is 0 Å². The van der Waals surface area contributed by atoms with Crippen molar-refractivity contribution in [3.63, 3.8) is 0 Å². The Morgan fingerprint density at radius 2 is 1.73 bits per heavy atom. The molecule has 3 rings (SSSR count). The van der Waals surface area contributed by atoms with Crippen LogP contribution in [-0.2, 0) is 7.05 Å². The fourth-order valence-electron chi connectivity index (χ4n) is 3.37. The van der Waals surface area contributed by atoms with Crippen molar-refractivity contribution in [3.05, 3.63) is 34.5 Å². The number of aromatic nitrogens is 4. The van der Waals surface area contributed by atoms with Crippen LogP contribution in [-0.4, -0.2) is 56.7 Å². The Bertz CT molecular complexity index is 818. The Morgan fingerprint density at radius 1 is 1.08 bits per heavy atom. The summed E-state index contributed by atoms with van der Waals surface area (Å²) < 4.78 is 1.77. The number of anilines is 1. The smallest absolute Gasteiger partial charge is 0.257 e.